The van der Waals surface area contributed by atoms with Gasteiger partial charge < -0.3 is 19.9 Å². The van der Waals surface area contributed by atoms with Crippen molar-refractivity contribution in [3.63, 3.8) is 0 Å². The second-order valence-corrected chi connectivity index (χ2v) is 10.4. The molecule has 1 aliphatic heterocycles. The van der Waals surface area contributed by atoms with Crippen LogP contribution in [0.1, 0.15) is 30.4 Å². The Hall–Kier alpha value is -1.65. The van der Waals surface area contributed by atoms with E-state index in [1.807, 2.05) is 26.8 Å². The summed E-state index contributed by atoms with van der Waals surface area (Å²) in [4.78, 5) is 42.4. The normalized spacial score (nSPS) is 15.1. The van der Waals surface area contributed by atoms with Crippen LogP contribution in [0.5, 0.6) is 0 Å². The van der Waals surface area contributed by atoms with Crippen LogP contribution >= 0.6 is 27.3 Å². The third-order valence-electron chi connectivity index (χ3n) is 4.29. The SMILES string of the molecule is CN(CC(=O)NCCN1CCN(C(=O)OC(C)(C)C)CC1)C(=O)c1ccc(Br)s1. The molecule has 1 saturated heterocycles. The van der Waals surface area contributed by atoms with E-state index in [0.717, 1.165) is 16.9 Å². The van der Waals surface area contributed by atoms with Gasteiger partial charge in [-0.05, 0) is 48.8 Å². The first-order chi connectivity index (χ1) is 13.5. The number of halogens is 1. The Morgan fingerprint density at radius 3 is 2.41 bits per heavy atom. The van der Waals surface area contributed by atoms with Gasteiger partial charge >= 0.3 is 6.09 Å². The van der Waals surface area contributed by atoms with E-state index < -0.39 is 5.60 Å². The first-order valence-corrected chi connectivity index (χ1v) is 11.1. The number of piperazine rings is 1. The summed E-state index contributed by atoms with van der Waals surface area (Å²) in [7, 11) is 1.62. The van der Waals surface area contributed by atoms with E-state index in [4.69, 9.17) is 4.74 Å². The molecule has 1 aliphatic rings. The Labute approximate surface area is 184 Å². The van der Waals surface area contributed by atoms with E-state index in [-0.39, 0.29) is 24.5 Å². The molecular formula is C19H29BrN4O4S. The van der Waals surface area contributed by atoms with E-state index in [2.05, 4.69) is 26.1 Å². The molecule has 162 valence electrons. The van der Waals surface area contributed by atoms with Crippen LogP contribution in [0.3, 0.4) is 0 Å². The van der Waals surface area contributed by atoms with E-state index in [0.29, 0.717) is 31.1 Å². The number of carbonyl (C=O) groups excluding carboxylic acids is 3. The van der Waals surface area contributed by atoms with Crippen molar-refractivity contribution < 1.29 is 19.1 Å². The minimum absolute atomic E-state index is 0.0147. The molecule has 1 N–H and O–H groups in total. The molecule has 2 rings (SSSR count). The zero-order chi connectivity index (χ0) is 21.6. The number of thiophene rings is 1. The van der Waals surface area contributed by atoms with Gasteiger partial charge in [-0.1, -0.05) is 0 Å². The summed E-state index contributed by atoms with van der Waals surface area (Å²) in [6.07, 6.45) is -0.282. The van der Waals surface area contributed by atoms with Crippen LogP contribution in [0.25, 0.3) is 0 Å². The van der Waals surface area contributed by atoms with Gasteiger partial charge in [-0.15, -0.1) is 11.3 Å². The van der Waals surface area contributed by atoms with Gasteiger partial charge in [-0.25, -0.2) is 4.79 Å². The van der Waals surface area contributed by atoms with Gasteiger partial charge in [0.05, 0.1) is 15.2 Å². The van der Waals surface area contributed by atoms with Gasteiger partial charge in [0, 0.05) is 46.3 Å². The van der Waals surface area contributed by atoms with Gasteiger partial charge in [-0.3, -0.25) is 14.5 Å². The molecule has 10 heteroatoms. The Morgan fingerprint density at radius 1 is 1.21 bits per heavy atom. The van der Waals surface area contributed by atoms with Crippen LogP contribution in [0.2, 0.25) is 0 Å². The zero-order valence-electron chi connectivity index (χ0n) is 17.4. The van der Waals surface area contributed by atoms with Crippen LogP contribution in [0.15, 0.2) is 15.9 Å². The summed E-state index contributed by atoms with van der Waals surface area (Å²) in [5.74, 6) is -0.363. The lowest BCUT2D eigenvalue weighted by atomic mass is 10.2. The number of rotatable bonds is 6. The van der Waals surface area contributed by atoms with Crippen molar-refractivity contribution in [3.05, 3.63) is 20.8 Å². The maximum Gasteiger partial charge on any atom is 0.410 e. The highest BCUT2D eigenvalue weighted by atomic mass is 79.9. The molecule has 0 aliphatic carbocycles. The summed E-state index contributed by atoms with van der Waals surface area (Å²) < 4.78 is 6.27. The monoisotopic (exact) mass is 488 g/mol. The van der Waals surface area contributed by atoms with Crippen molar-refractivity contribution in [3.8, 4) is 0 Å². The molecule has 1 aromatic heterocycles. The standard InChI is InChI=1S/C19H29BrN4O4S/c1-19(2,3)28-18(27)24-11-9-23(10-12-24)8-7-21-16(25)13-22(4)17(26)14-5-6-15(20)29-14/h5-6H,7-13H2,1-4H3,(H,21,25). The summed E-state index contributed by atoms with van der Waals surface area (Å²) in [6, 6.07) is 3.55. The second-order valence-electron chi connectivity index (χ2n) is 7.92. The fourth-order valence-electron chi connectivity index (χ4n) is 2.79. The number of amides is 3. The minimum Gasteiger partial charge on any atom is -0.444 e. The highest BCUT2D eigenvalue weighted by Gasteiger charge is 2.25. The maximum atomic E-state index is 12.3. The third kappa shape index (κ3) is 7.94. The van der Waals surface area contributed by atoms with Gasteiger partial charge in [0.25, 0.3) is 5.91 Å². The molecule has 0 radical (unpaired) electrons. The quantitative estimate of drug-likeness (QED) is 0.663. The van der Waals surface area contributed by atoms with Gasteiger partial charge in [-0.2, -0.15) is 0 Å². The minimum atomic E-state index is -0.493. The van der Waals surface area contributed by atoms with Gasteiger partial charge in [0.1, 0.15) is 5.60 Å². The van der Waals surface area contributed by atoms with Crippen LogP contribution in [0, 0.1) is 0 Å². The molecule has 0 spiro atoms. The van der Waals surface area contributed by atoms with Crippen molar-refractivity contribution in [2.24, 2.45) is 0 Å². The molecule has 0 unspecified atom stereocenters. The molecule has 8 nitrogen and oxygen atoms in total. The third-order valence-corrected chi connectivity index (χ3v) is 5.90. The van der Waals surface area contributed by atoms with Crippen LogP contribution < -0.4 is 5.32 Å². The highest BCUT2D eigenvalue weighted by Crippen LogP contribution is 2.22. The zero-order valence-corrected chi connectivity index (χ0v) is 19.8. The van der Waals surface area contributed by atoms with Crippen molar-refractivity contribution in [2.45, 2.75) is 26.4 Å². The van der Waals surface area contributed by atoms with Crippen LogP contribution in [-0.2, 0) is 9.53 Å². The number of carbonyl (C=O) groups is 3. The first kappa shape index (κ1) is 23.6. The maximum absolute atomic E-state index is 12.3. The van der Waals surface area contributed by atoms with Gasteiger partial charge in [0.15, 0.2) is 0 Å². The molecule has 0 saturated carbocycles. The number of nitrogens with one attached hydrogen (secondary N) is 1. The second kappa shape index (κ2) is 10.4. The largest absolute Gasteiger partial charge is 0.444 e. The number of nitrogens with zero attached hydrogens (tertiary/aromatic N) is 3. The van der Waals surface area contributed by atoms with Crippen LogP contribution in [0.4, 0.5) is 4.79 Å². The first-order valence-electron chi connectivity index (χ1n) is 9.53. The van der Waals surface area contributed by atoms with E-state index in [9.17, 15) is 14.4 Å². The molecule has 2 heterocycles. The summed E-state index contributed by atoms with van der Waals surface area (Å²) in [6.45, 7) is 9.47. The predicted molar refractivity (Wildman–Crippen MR) is 116 cm³/mol. The van der Waals surface area contributed by atoms with Crippen molar-refractivity contribution in [1.82, 2.24) is 20.0 Å². The van der Waals surface area contributed by atoms with Crippen molar-refractivity contribution >= 4 is 45.2 Å². The van der Waals surface area contributed by atoms with Crippen molar-refractivity contribution in [2.75, 3.05) is 52.9 Å². The average molecular weight is 489 g/mol. The topological polar surface area (TPSA) is 82.2 Å². The predicted octanol–water partition coefficient (Wildman–Crippen LogP) is 2.25. The van der Waals surface area contributed by atoms with Crippen LogP contribution in [-0.4, -0.2) is 91.1 Å². The number of ether oxygens (including phenoxy) is 1. The lowest BCUT2D eigenvalue weighted by Crippen LogP contribution is -2.51. The fraction of sp³-hybridized carbons (Fsp3) is 0.632. The lowest BCUT2D eigenvalue weighted by Gasteiger charge is -2.35. The Kier molecular flexibility index (Phi) is 8.47. The average Bonchev–Trinajstić information content (AvgIpc) is 3.06. The molecular weight excluding hydrogens is 460 g/mol. The Bertz CT molecular complexity index is 726. The van der Waals surface area contributed by atoms with E-state index >= 15 is 0 Å². The number of hydrogen-bond acceptors (Lipinski definition) is 6. The van der Waals surface area contributed by atoms with Gasteiger partial charge in [0.2, 0.25) is 5.91 Å². The molecule has 29 heavy (non-hydrogen) atoms. The molecule has 0 aromatic carbocycles. The summed E-state index contributed by atoms with van der Waals surface area (Å²) >= 11 is 4.67. The number of hydrogen-bond donors (Lipinski definition) is 1. The lowest BCUT2D eigenvalue weighted by molar-refractivity contribution is -0.121. The van der Waals surface area contributed by atoms with E-state index in [1.54, 1.807) is 18.0 Å². The molecule has 0 atom stereocenters. The molecule has 1 aromatic rings. The van der Waals surface area contributed by atoms with Crippen molar-refractivity contribution in [1.29, 1.82) is 0 Å². The molecule has 3 amide bonds. The van der Waals surface area contributed by atoms with E-state index in [1.165, 1.54) is 16.2 Å². The highest BCUT2D eigenvalue weighted by molar-refractivity contribution is 9.11. The Morgan fingerprint density at radius 2 is 1.86 bits per heavy atom. The summed E-state index contributed by atoms with van der Waals surface area (Å²) in [5, 5.41) is 2.85. The Balaban J connectivity index is 1.64. The fourth-order valence-corrected chi connectivity index (χ4v) is 4.18. The number of likely N-dealkylation sites (N-methyl/N-ethyl adjacent to an activating group) is 1. The summed E-state index contributed by atoms with van der Waals surface area (Å²) in [5.41, 5.74) is -0.493. The smallest absolute Gasteiger partial charge is 0.410 e. The molecule has 0 bridgehead atoms. The molecule has 1 fully saturated rings.